The molecule has 0 bridgehead atoms. The molecule has 0 radical (unpaired) electrons. The van der Waals surface area contributed by atoms with E-state index in [2.05, 4.69) is 118 Å². The minimum atomic E-state index is -0.870. The van der Waals surface area contributed by atoms with Gasteiger partial charge in [-0.1, -0.05) is 104 Å². The van der Waals surface area contributed by atoms with E-state index < -0.39 is 26.1 Å². The van der Waals surface area contributed by atoms with Gasteiger partial charge in [0.25, 0.3) is 11.8 Å². The number of hydrogen-bond donors (Lipinski definition) is 12. The number of carbonyl (C=O) groups excluding carboxylic acids is 5. The molecule has 14 rings (SSSR count). The summed E-state index contributed by atoms with van der Waals surface area (Å²) in [5.41, 5.74) is 28.5. The van der Waals surface area contributed by atoms with Gasteiger partial charge < -0.3 is 92.9 Å². The molecular weight excluding hydrogens is 2080 g/mol. The second-order valence-corrected chi connectivity index (χ2v) is 40.6. The van der Waals surface area contributed by atoms with Gasteiger partial charge in [-0.25, -0.2) is 59.1 Å². The number of rotatable bonds is 18. The van der Waals surface area contributed by atoms with E-state index in [4.69, 9.17) is 519 Å². The van der Waals surface area contributed by atoms with Crippen molar-refractivity contribution in [2.24, 2.45) is 17.2 Å². The fraction of sp³-hybridized carbons (Fsp3) is 0.272. The van der Waals surface area contributed by atoms with Crippen molar-refractivity contribution in [3.05, 3.63) is 307 Å². The lowest BCUT2D eigenvalue weighted by molar-refractivity contribution is 0.0992. The maximum Gasteiger partial charge on any atom is 0.491 e. The van der Waals surface area contributed by atoms with Crippen LogP contribution in [0.3, 0.4) is 0 Å². The molecule has 0 fully saturated rings. The first kappa shape index (κ1) is 32.0. The highest BCUT2D eigenvalue weighted by Crippen LogP contribution is 2.37. The zero-order valence-electron chi connectivity index (χ0n) is 341. The molecule has 35 nitrogen and oxygen atoms in total. The van der Waals surface area contributed by atoms with Gasteiger partial charge in [-0.3, -0.25) is 24.0 Å². The molecule has 12 aromatic rings. The highest BCUT2D eigenvalue weighted by Gasteiger charge is 2.30. The van der Waals surface area contributed by atoms with Gasteiger partial charge in [-0.15, -0.1) is 0 Å². The summed E-state index contributed by atoms with van der Waals surface area (Å²) in [5, 5.41) is 44.9. The fourth-order valence-corrected chi connectivity index (χ4v) is 12.9. The van der Waals surface area contributed by atoms with Crippen molar-refractivity contribution < 1.29 is 452 Å². The number of nitrogens with two attached hydrogens (primary N) is 4. The Kier molecular flexibility index (Phi) is 12.1. The molecule has 43 heteroatoms. The van der Waals surface area contributed by atoms with Gasteiger partial charge in [0.05, 0.1) is 57.2 Å². The number of phenols is 1. The number of carbonyl (C=O) groups is 5. The highest BCUT2D eigenvalue weighted by molar-refractivity contribution is 9.10. The van der Waals surface area contributed by atoms with Gasteiger partial charge in [-0.05, 0) is 317 Å². The van der Waals surface area contributed by atoms with Crippen LogP contribution < -0.4 is 79.4 Å². The Morgan fingerprint density at radius 3 is 1.06 bits per heavy atom. The van der Waals surface area contributed by atoms with Crippen molar-refractivity contribution in [3.8, 4) is 52.3 Å². The first-order valence-corrected chi connectivity index (χ1v) is 46.8. The fourth-order valence-electron chi connectivity index (χ4n) is 11.5. The number of hydrogen-bond acceptors (Lipinski definition) is 28. The molecule has 0 unspecified atom stereocenters. The average molecular weight is 2720 g/mol. The second-order valence-electron chi connectivity index (χ2n) is 37.4. The molecule has 5 aromatic carbocycles. The third-order valence-electron chi connectivity index (χ3n) is 17.6. The Hall–Kier alpha value is -14.6. The van der Waals surface area contributed by atoms with Crippen molar-refractivity contribution in [2.75, 3.05) is 32.3 Å². The number of nitrogens with one attached hydrogen (secondary N) is 5. The summed E-state index contributed by atoms with van der Waals surface area (Å²) < 4.78 is 1320. The van der Waals surface area contributed by atoms with Crippen LogP contribution >= 0.6 is 78.3 Å². The van der Waals surface area contributed by atoms with Crippen LogP contribution in [0.25, 0.3) is 24.2 Å². The number of aldehydes is 3. The molecular formula is C103H373B2Br2Cl4N21O14. The van der Waals surface area contributed by atoms with E-state index in [1.165, 1.54) is 30.3 Å². The number of aromatic nitrogens is 7. The smallest absolute Gasteiger partial charge is 0.491 e. The molecule has 2 amide bonds. The maximum atomic E-state index is 11.1. The van der Waals surface area contributed by atoms with Crippen LogP contribution in [0, 0.1) is 39.8 Å². The number of benzene rings is 5. The number of phenolic OH excluding ortho intramolecular Hbond substituents is 1. The summed E-state index contributed by atoms with van der Waals surface area (Å²) in [5.74, 6) is 5.15. The summed E-state index contributed by atoms with van der Waals surface area (Å²) in [7, 11) is -1.74. The van der Waals surface area contributed by atoms with Gasteiger partial charge in [0, 0.05) is 443 Å². The van der Waals surface area contributed by atoms with Gasteiger partial charge in [0.2, 0.25) is 52.0 Å². The number of nitrogens with zero attached hydrogens (tertiary/aromatic N) is 12. The molecule has 16 N–H and O–H groups in total. The molecule has 0 atom stereocenters. The van der Waals surface area contributed by atoms with E-state index in [0.717, 1.165) is 40.2 Å². The van der Waals surface area contributed by atoms with Crippen molar-refractivity contribution in [2.45, 2.75) is 185 Å². The van der Waals surface area contributed by atoms with Gasteiger partial charge in [-0.2, -0.15) is 0 Å². The Balaban J connectivity index is -0.0000000159. The van der Waals surface area contributed by atoms with Crippen molar-refractivity contribution in [1.82, 2.24) is 34.9 Å². The number of aryl methyl sites for hydroxylation is 1. The number of fused-ring (bicyclic) bond motifs is 2. The molecule has 7 aromatic heterocycles. The topological polar surface area (TPSA) is 478 Å². The number of anilines is 6. The Labute approximate surface area is 1290 Å². The first-order chi connectivity index (χ1) is 197. The van der Waals surface area contributed by atoms with Crippen LogP contribution in [0.2, 0.25) is 20.6 Å². The monoisotopic (exact) mass is 2710 g/mol. The number of amides is 2. The molecule has 146 heavy (non-hydrogen) atoms. The van der Waals surface area contributed by atoms with E-state index >= 15 is 0 Å². The number of nitrogen functional groups attached to an aromatic ring is 1. The van der Waals surface area contributed by atoms with Crippen LogP contribution in [0.1, 0.15) is 585 Å². The van der Waals surface area contributed by atoms with Crippen LogP contribution in [0.15, 0.2) is 185 Å². The van der Waals surface area contributed by atoms with Gasteiger partial charge >= 0.3 is 14.2 Å². The second kappa shape index (κ2) is 55.5. The Morgan fingerprint density at radius 2 is 0.712 bits per heavy atom. The predicted octanol–water partition coefficient (Wildman–Crippen LogP) is 56.4. The van der Waals surface area contributed by atoms with Gasteiger partial charge in [0.15, 0.2) is 12.6 Å². The summed E-state index contributed by atoms with van der Waals surface area (Å²) in [6, 6.07) is 47.9. The molecule has 0 spiro atoms. The standard InChI is InChI=1S/C18H19N3O2.C17H18BN3O3.C17H16BrN3O2.C13H10BN3O3.C10H14ClN3O.C10H12ClN3.C7H5BrO2.C6H4Cl2N2O.C4H11N.CH4.130H2/c1-12-6-7-14(10-13(12)11-22)23-16-9-8-15(19-5)17(20-16)21-18(2,3)4;1-17(2,3)21-16-14(19-4)7-8-15(20-16)24-12-5-6-13-11(9-12)10-23-18(13)22;1-17(2,3)21-16-14(19-4)7-8-15(20-16)23-12-5-6-13(18)11(9-12)10-22;1-16-11-4-5-12(17-13(11)15)20-9-2-3-10-8(6-9)7-19-14(10)18;1-10(2,3)14-9-6(8(12)15)4-5-7(11)13-9;1-10(2,3)14-9-7(12-4)5-6-8(11)13-9;8-7-2-1-6(10)3-5(7)4-9;7-4-2-1-3(6(9)11)5(8)10-4;1-4(2,3)5;;;;;;;;;;;;;;;;;;;;;;;;;;;;;;;;;;;;;;;;;;;;;;;;;;;;;;;;;;;;;;;;;;;;;;;;;;;;;;;;;;;;;;;;;;;;;;;;;;;;;;;;;;;;;;;;;;;;;;;;;;;;;;;;;;;/h6-11H,1-4H3,(H,20,21);5-9,22H,10H2,1-3H3,(H,20,21);5-10H,1-3H3,(H,20,21);2-6,18H,7H2,(H2,15,17);4-5H,1-3H3,(H2,12,15)(H,13,14);5-6H,1-3H3,(H,13,14);1-4,10H;1-2H,(H2,9,11);5H2,1-3H3;1H4;130*1H/i;;;;;;;;;;129*1+1D;1+1. The van der Waals surface area contributed by atoms with Crippen LogP contribution in [-0.4, -0.2) is 128 Å². The number of ether oxygens (including phenoxy) is 4. The minimum absolute atomic E-state index is 0. The molecule has 9 heterocycles. The first-order valence-electron chi connectivity index (χ1n) is 173. The predicted molar refractivity (Wildman–Crippen MR) is 860 cm³/mol. The minimum Gasteiger partial charge on any atom is -0.508 e. The SMILES string of the molecule is C.CC(C)(C)N.CC(C)(C)Nc1nc(Cl)ccc1C(N)=O.NC(=O)c1ccc(Cl)nc1Cl.O=Cc1cc(O)ccc1Br.[2HH].[2H][2H].[2H][2H].[2H][2H].[2H][2H].[2H][2H].[2H][2H].[2H][2H].[2H][2H].[2H][2H].[2H][2H].[2H][2H].[2H][2H].[2H][2H].[2H][2H].[2H][2H].[2H][2H].[2H][2H].[2H][2H].[2H][2H].[2H][2H].[2H][2H].[2H][2H].[2H][2H].[2H][2H].[2H][2H].[2H][2H].[2H][2H].[2H][2H].[2H][2H].[2H][2H].[2H][2H].[2H][2H].[2H][2H].[2H][2H].[2H][2H].[2H][2H].[2H][2H].[2H][2H].[2H][2H].[2H][2H].[2H][2H].[2H][2H].[2H][2H].[2H][2H].[2H][2H].[2H][2H].[2H][2H].[2H][2H].[2H][2H].[2H][2H].[2H][2H].[2H][2H].[2H][2H].[2H][2H].[2H][2H].[2H][2H].[2H][2H].[2H][2H].[2H][2H].[2H][2H].[2H][2H].[2H][2H].[2H][2H].[2H][2H].[2H][2H].[2H][2H].[2H][2H].[2H][2H].[2H][2H].[2H][2H].[2H][2H].[2H][2H].[2H][2H].[2H][2H].[2H][2H].[2H][2H].[2H][2H].[2H][2H].[2H][2H].[2H][2H].[2H][2H].[2H][2H].[2H][2H].[2H][2H].[2H][2H].[2H][2H].[2H][2H].[2H][2H].[2H][2H].[2H][2H].[2H][2H].[2H][2H].[2H][2H].[2H][2H].[2H][2H].[2H][2H].[2H][2H].[2H][2H].[2H][2H].[2H][2H].[2H][2H].[2H][2H].[2H][2H].[2H][2H].[2H][2H].[2H][2H].[2H][2H].[2H][2H].[2H][2H].[2H][2H].[2H][2H].[2H][2H].[2H][2H].[2H][2H].[2H][2H].[2H][2H].[2H][2H].[2H][2H].[2H][2H].[2H][2H].[2H][2H].[2H][2H].[2H][2H].[2H][2H].[2H][2H].[2H][2H].[2H][2H].[2H][2H].[2H][2H].[C-]#[N+]c1ccc(Cl)nc1NC(C)(C)C.[C-]#[N+]c1ccc(Oc2ccc(Br)c(C=O)c2)nc1NC(C)(C)C.[C-]#[N+]c1ccc(Oc2ccc(C)c(C=O)c2)nc1NC(C)(C)C.[C-]#[N+]c1ccc(Oc2ccc3c(c2)COB3O)nc1N.[C-]#[N+]c1ccc(Oc2ccc3c(c2)COB3O)nc1NC(C)(C)C. The molecule has 0 aliphatic carbocycles. The molecule has 2 aliphatic rings. The van der Waals surface area contributed by atoms with Crippen molar-refractivity contribution in [1.29, 1.82) is 0 Å². The van der Waals surface area contributed by atoms with Crippen LogP contribution in [0.5, 0.6) is 52.3 Å². The van der Waals surface area contributed by atoms with E-state index in [9.17, 15) is 34.0 Å². The van der Waals surface area contributed by atoms with E-state index in [-0.39, 0.29) is 69.5 Å². The lowest BCUT2D eigenvalue weighted by atomic mass is 9.80. The summed E-state index contributed by atoms with van der Waals surface area (Å²) in [4.78, 5) is 99.8. The van der Waals surface area contributed by atoms with Crippen LogP contribution in [0.4, 0.5) is 63.3 Å². The summed E-state index contributed by atoms with van der Waals surface area (Å²) >= 11 is 28.9. The molecule has 1022 valence electrons. The summed E-state index contributed by atoms with van der Waals surface area (Å²) in [6.45, 7) is 73.9. The number of pyridine rings is 7. The molecule has 0 saturated heterocycles. The highest BCUT2D eigenvalue weighted by atomic mass is 79.9. The zero-order valence-corrected chi connectivity index (χ0v) is 89.0. The quantitative estimate of drug-likeness (QED) is 0.0164. The van der Waals surface area contributed by atoms with Crippen LogP contribution in [-0.2, 0) is 22.5 Å². The summed E-state index contributed by atoms with van der Waals surface area (Å²) in [6.07, 6.45) is 2.23. The number of primary amides is 2. The van der Waals surface area contributed by atoms with E-state index in [1.807, 2.05) is 144 Å². The number of aromatic hydroxyl groups is 1. The van der Waals surface area contributed by atoms with Crippen molar-refractivity contribution >= 4 is 197 Å². The lowest BCUT2D eigenvalue weighted by Gasteiger charge is -2.22. The van der Waals surface area contributed by atoms with Crippen molar-refractivity contribution in [3.63, 3.8) is 0 Å². The maximum absolute atomic E-state index is 11.1. The van der Waals surface area contributed by atoms with Gasteiger partial charge in [0.1, 0.15) is 90.6 Å². The Morgan fingerprint density at radius 1 is 0.418 bits per heavy atom. The number of halogens is 6. The van der Waals surface area contributed by atoms with E-state index in [1.54, 1.807) is 133 Å². The molecule has 2 aliphatic heterocycles. The molecule has 0 saturated carbocycles. The average Bonchev–Trinajstić information content (AvgIpc) is 1.61. The third kappa shape index (κ3) is 42.4. The normalized spacial score (nSPS) is 18.4. The zero-order chi connectivity index (χ0) is 366. The third-order valence-corrected chi connectivity index (χ3v) is 19.9. The van der Waals surface area contributed by atoms with E-state index in [0.29, 0.717) is 165 Å². The lowest BCUT2D eigenvalue weighted by Crippen LogP contribution is -2.28. The largest absolute Gasteiger partial charge is 0.508 e. The Bertz CT molecular complexity index is 7090.